The molecule has 1 aliphatic rings. The van der Waals surface area contributed by atoms with Crippen molar-refractivity contribution in [3.8, 4) is 22.1 Å². The Bertz CT molecular complexity index is 816. The Morgan fingerprint density at radius 1 is 1.27 bits per heavy atom. The molecule has 0 bridgehead atoms. The number of aromatic nitrogens is 4. The second-order valence-corrected chi connectivity index (χ2v) is 6.30. The van der Waals surface area contributed by atoms with Crippen LogP contribution < -0.4 is 15.2 Å². The largest absolute Gasteiger partial charge is 0.454 e. The number of nitrogens with one attached hydrogen (secondary N) is 1. The molecule has 0 spiro atoms. The van der Waals surface area contributed by atoms with Crippen LogP contribution in [0, 0.1) is 0 Å². The van der Waals surface area contributed by atoms with Gasteiger partial charge in [0, 0.05) is 16.7 Å². The van der Waals surface area contributed by atoms with E-state index >= 15 is 0 Å². The number of hydrogen-bond donors (Lipinski definition) is 2. The van der Waals surface area contributed by atoms with Gasteiger partial charge in [-0.2, -0.15) is 4.98 Å². The highest BCUT2D eigenvalue weighted by molar-refractivity contribution is 7.98. The summed E-state index contributed by atoms with van der Waals surface area (Å²) in [6, 6.07) is 5.84. The van der Waals surface area contributed by atoms with Crippen LogP contribution in [0.1, 0.15) is 5.69 Å². The van der Waals surface area contributed by atoms with Crippen molar-refractivity contribution in [1.29, 1.82) is 0 Å². The number of hydrogen-bond acceptors (Lipinski definition) is 8. The molecule has 3 N–H and O–H groups in total. The summed E-state index contributed by atoms with van der Waals surface area (Å²) in [5.41, 5.74) is 7.49. The van der Waals surface area contributed by atoms with E-state index in [9.17, 15) is 0 Å². The third-order valence-electron chi connectivity index (χ3n) is 3.00. The second-order valence-electron chi connectivity index (χ2n) is 4.50. The lowest BCUT2D eigenvalue weighted by Crippen LogP contribution is -1.92. The first-order valence-electron chi connectivity index (χ1n) is 6.43. The first kappa shape index (κ1) is 13.4. The first-order valence-corrected chi connectivity index (χ1v) is 8.29. The highest BCUT2D eigenvalue weighted by atomic mass is 32.2. The molecule has 7 nitrogen and oxygen atoms in total. The number of thioether (sulfide) groups is 1. The predicted octanol–water partition coefficient (Wildman–Crippen LogP) is 2.53. The van der Waals surface area contributed by atoms with Crippen molar-refractivity contribution in [2.45, 2.75) is 10.9 Å². The number of anilines is 1. The normalized spacial score (nSPS) is 12.7. The Labute approximate surface area is 133 Å². The number of nitrogens with two attached hydrogens (primary N) is 1. The monoisotopic (exact) mass is 333 g/mol. The Morgan fingerprint density at radius 3 is 3.05 bits per heavy atom. The lowest BCUT2D eigenvalue weighted by atomic mass is 10.2. The van der Waals surface area contributed by atoms with Gasteiger partial charge in [-0.1, -0.05) is 11.8 Å². The number of benzene rings is 1. The van der Waals surface area contributed by atoms with E-state index in [0.717, 1.165) is 27.8 Å². The van der Waals surface area contributed by atoms with Gasteiger partial charge in [-0.3, -0.25) is 0 Å². The van der Waals surface area contributed by atoms with Gasteiger partial charge in [-0.05, 0) is 18.2 Å². The van der Waals surface area contributed by atoms with Crippen molar-refractivity contribution < 1.29 is 9.47 Å². The minimum atomic E-state index is 0.276. The lowest BCUT2D eigenvalue weighted by Gasteiger charge is -1.99. The quantitative estimate of drug-likeness (QED) is 0.708. The van der Waals surface area contributed by atoms with E-state index in [2.05, 4.69) is 20.2 Å². The van der Waals surface area contributed by atoms with Crippen LogP contribution in [0.4, 0.5) is 5.95 Å². The van der Waals surface area contributed by atoms with E-state index in [-0.39, 0.29) is 6.79 Å². The zero-order valence-corrected chi connectivity index (χ0v) is 12.9. The van der Waals surface area contributed by atoms with Crippen LogP contribution in [-0.2, 0) is 5.75 Å². The van der Waals surface area contributed by atoms with Crippen LogP contribution in [0.3, 0.4) is 0 Å². The molecule has 4 rings (SSSR count). The molecule has 3 heterocycles. The summed E-state index contributed by atoms with van der Waals surface area (Å²) in [5, 5.41) is 10.2. The fourth-order valence-corrected chi connectivity index (χ4v) is 3.62. The maximum absolute atomic E-state index is 5.49. The summed E-state index contributed by atoms with van der Waals surface area (Å²) >= 11 is 3.08. The summed E-state index contributed by atoms with van der Waals surface area (Å²) in [6.45, 7) is 0.276. The molecular formula is C13H11N5O2S2. The zero-order chi connectivity index (χ0) is 14.9. The van der Waals surface area contributed by atoms with E-state index in [1.807, 2.05) is 23.6 Å². The molecule has 2 aromatic heterocycles. The molecule has 0 radical (unpaired) electrons. The maximum Gasteiger partial charge on any atom is 0.231 e. The number of rotatable bonds is 4. The van der Waals surface area contributed by atoms with E-state index in [1.165, 1.54) is 11.8 Å². The summed E-state index contributed by atoms with van der Waals surface area (Å²) in [5.74, 6) is 2.55. The van der Waals surface area contributed by atoms with Crippen molar-refractivity contribution in [1.82, 2.24) is 20.2 Å². The fraction of sp³-hybridized carbons (Fsp3) is 0.154. The Hall–Kier alpha value is -2.26. The van der Waals surface area contributed by atoms with Crippen LogP contribution in [0.25, 0.3) is 10.6 Å². The number of nitrogen functional groups attached to an aromatic ring is 1. The standard InChI is InChI=1S/C13H11N5O2S2/c14-12-16-13(18-17-12)22-5-8-4-21-11(15-8)7-1-2-9-10(3-7)20-6-19-9/h1-4H,5-6H2,(H3,14,16,17,18). The number of ether oxygens (including phenoxy) is 2. The second kappa shape index (κ2) is 5.50. The number of aromatic amines is 1. The van der Waals surface area contributed by atoms with Crippen molar-refractivity contribution in [3.63, 3.8) is 0 Å². The third kappa shape index (κ3) is 2.60. The molecule has 112 valence electrons. The number of fused-ring (bicyclic) bond motifs is 1. The zero-order valence-electron chi connectivity index (χ0n) is 11.3. The molecule has 0 aliphatic carbocycles. The third-order valence-corrected chi connectivity index (χ3v) is 4.82. The van der Waals surface area contributed by atoms with Crippen molar-refractivity contribution in [3.05, 3.63) is 29.3 Å². The summed E-state index contributed by atoms with van der Waals surface area (Å²) in [4.78, 5) is 8.68. The van der Waals surface area contributed by atoms with Crippen molar-refractivity contribution in [2.24, 2.45) is 0 Å². The van der Waals surface area contributed by atoms with Gasteiger partial charge in [-0.25, -0.2) is 10.1 Å². The number of thiazole rings is 1. The SMILES string of the molecule is Nc1nc(SCc2csc(-c3ccc4c(c3)OCO4)n2)n[nH]1. The topological polar surface area (TPSA) is 98.9 Å². The Morgan fingerprint density at radius 2 is 2.18 bits per heavy atom. The van der Waals surface area contributed by atoms with Gasteiger partial charge in [0.05, 0.1) is 5.69 Å². The predicted molar refractivity (Wildman–Crippen MR) is 84.0 cm³/mol. The van der Waals surface area contributed by atoms with E-state index in [0.29, 0.717) is 16.9 Å². The molecule has 0 saturated carbocycles. The molecule has 3 aromatic rings. The minimum absolute atomic E-state index is 0.276. The Balaban J connectivity index is 1.49. The molecule has 1 aromatic carbocycles. The van der Waals surface area contributed by atoms with Crippen LogP contribution >= 0.6 is 23.1 Å². The van der Waals surface area contributed by atoms with Gasteiger partial charge in [0.1, 0.15) is 5.01 Å². The molecule has 0 fully saturated rings. The molecular weight excluding hydrogens is 322 g/mol. The van der Waals surface area contributed by atoms with Crippen molar-refractivity contribution >= 4 is 29.0 Å². The van der Waals surface area contributed by atoms with Crippen LogP contribution in [0.5, 0.6) is 11.5 Å². The lowest BCUT2D eigenvalue weighted by molar-refractivity contribution is 0.174. The van der Waals surface area contributed by atoms with E-state index in [1.54, 1.807) is 11.3 Å². The summed E-state index contributed by atoms with van der Waals surface area (Å²) < 4.78 is 10.7. The van der Waals surface area contributed by atoms with Gasteiger partial charge in [0.2, 0.25) is 17.9 Å². The summed E-state index contributed by atoms with van der Waals surface area (Å²) in [6.07, 6.45) is 0. The van der Waals surface area contributed by atoms with Crippen LogP contribution in [0.2, 0.25) is 0 Å². The van der Waals surface area contributed by atoms with E-state index in [4.69, 9.17) is 15.2 Å². The average molecular weight is 333 g/mol. The molecule has 0 unspecified atom stereocenters. The Kier molecular flexibility index (Phi) is 3.35. The molecule has 0 saturated heterocycles. The molecule has 0 atom stereocenters. The highest BCUT2D eigenvalue weighted by Crippen LogP contribution is 2.37. The molecule has 1 aliphatic heterocycles. The maximum atomic E-state index is 5.49. The number of H-pyrrole nitrogens is 1. The van der Waals surface area contributed by atoms with Gasteiger partial charge in [-0.15, -0.1) is 16.4 Å². The number of nitrogens with zero attached hydrogens (tertiary/aromatic N) is 3. The molecule has 9 heteroatoms. The van der Waals surface area contributed by atoms with Gasteiger partial charge >= 0.3 is 0 Å². The first-order chi connectivity index (χ1) is 10.8. The highest BCUT2D eigenvalue weighted by Gasteiger charge is 2.15. The summed E-state index contributed by atoms with van der Waals surface area (Å²) in [7, 11) is 0. The smallest absolute Gasteiger partial charge is 0.231 e. The van der Waals surface area contributed by atoms with Gasteiger partial charge < -0.3 is 15.2 Å². The van der Waals surface area contributed by atoms with Gasteiger partial charge in [0.15, 0.2) is 11.5 Å². The van der Waals surface area contributed by atoms with Crippen molar-refractivity contribution in [2.75, 3.05) is 12.5 Å². The fourth-order valence-electron chi connectivity index (χ4n) is 2.00. The van der Waals surface area contributed by atoms with Gasteiger partial charge in [0.25, 0.3) is 0 Å². The molecule has 0 amide bonds. The van der Waals surface area contributed by atoms with Crippen LogP contribution in [-0.4, -0.2) is 27.0 Å². The minimum Gasteiger partial charge on any atom is -0.454 e. The van der Waals surface area contributed by atoms with E-state index < -0.39 is 0 Å². The molecule has 22 heavy (non-hydrogen) atoms. The van der Waals surface area contributed by atoms with Crippen LogP contribution in [0.15, 0.2) is 28.7 Å². The average Bonchev–Trinajstić information content (AvgIpc) is 3.24.